The lowest BCUT2D eigenvalue weighted by Gasteiger charge is -2.07. The molecule has 5 nitrogen and oxygen atoms in total. The summed E-state index contributed by atoms with van der Waals surface area (Å²) in [4.78, 5) is 15.5. The van der Waals surface area contributed by atoms with Gasteiger partial charge in [0.2, 0.25) is 5.91 Å². The molecule has 5 heteroatoms. The van der Waals surface area contributed by atoms with E-state index in [0.717, 1.165) is 23.2 Å². The van der Waals surface area contributed by atoms with Crippen LogP contribution < -0.4 is 14.8 Å². The molecule has 0 aliphatic rings. The molecule has 0 bridgehead atoms. The maximum Gasteiger partial charge on any atom is 0.244 e. The number of H-pyrrole nitrogens is 1. The van der Waals surface area contributed by atoms with Crippen molar-refractivity contribution in [3.8, 4) is 11.5 Å². The van der Waals surface area contributed by atoms with E-state index in [9.17, 15) is 4.79 Å². The zero-order valence-electron chi connectivity index (χ0n) is 15.8. The molecule has 2 aromatic carbocycles. The summed E-state index contributed by atoms with van der Waals surface area (Å²) in [5.74, 6) is 1.17. The van der Waals surface area contributed by atoms with Gasteiger partial charge < -0.3 is 19.8 Å². The van der Waals surface area contributed by atoms with Crippen LogP contribution >= 0.6 is 0 Å². The molecule has 2 N–H and O–H groups in total. The second kappa shape index (κ2) is 8.45. The van der Waals surface area contributed by atoms with Crippen LogP contribution in [0.25, 0.3) is 17.0 Å². The van der Waals surface area contributed by atoms with Crippen LogP contribution in [0.3, 0.4) is 0 Å². The number of para-hydroxylation sites is 1. The van der Waals surface area contributed by atoms with Crippen molar-refractivity contribution < 1.29 is 14.3 Å². The molecule has 0 saturated carbocycles. The molecule has 0 spiro atoms. The van der Waals surface area contributed by atoms with Gasteiger partial charge in [-0.3, -0.25) is 4.79 Å². The molecular weight excluding hydrogens is 340 g/mol. The number of rotatable bonds is 7. The molecule has 0 aliphatic heterocycles. The summed E-state index contributed by atoms with van der Waals surface area (Å²) < 4.78 is 10.5. The Hall–Kier alpha value is -3.21. The predicted octanol–water partition coefficient (Wildman–Crippen LogP) is 3.87. The zero-order valence-corrected chi connectivity index (χ0v) is 15.8. The van der Waals surface area contributed by atoms with E-state index in [4.69, 9.17) is 9.47 Å². The average Bonchev–Trinajstić information content (AvgIpc) is 3.01. The van der Waals surface area contributed by atoms with Crippen molar-refractivity contribution in [3.05, 3.63) is 65.4 Å². The minimum absolute atomic E-state index is 0.123. The molecule has 0 unspecified atom stereocenters. The minimum Gasteiger partial charge on any atom is -0.493 e. The van der Waals surface area contributed by atoms with Gasteiger partial charge in [-0.1, -0.05) is 24.3 Å². The fraction of sp³-hybridized carbons (Fsp3) is 0.227. The fourth-order valence-corrected chi connectivity index (χ4v) is 3.15. The fourth-order valence-electron chi connectivity index (χ4n) is 3.15. The smallest absolute Gasteiger partial charge is 0.244 e. The molecule has 0 radical (unpaired) electrons. The third-order valence-corrected chi connectivity index (χ3v) is 4.54. The number of aryl methyl sites for hydroxylation is 1. The number of carbonyl (C=O) groups excluding carboxylic acids is 1. The van der Waals surface area contributed by atoms with E-state index in [2.05, 4.69) is 29.4 Å². The number of amides is 1. The third-order valence-electron chi connectivity index (χ3n) is 4.54. The Morgan fingerprint density at radius 3 is 2.67 bits per heavy atom. The van der Waals surface area contributed by atoms with Gasteiger partial charge in [0.15, 0.2) is 11.5 Å². The molecule has 1 heterocycles. The number of aromatic nitrogens is 1. The van der Waals surface area contributed by atoms with Crippen LogP contribution in [-0.4, -0.2) is 31.7 Å². The van der Waals surface area contributed by atoms with Crippen LogP contribution in [0.1, 0.15) is 16.8 Å². The highest BCUT2D eigenvalue weighted by Gasteiger charge is 2.08. The van der Waals surface area contributed by atoms with E-state index in [1.165, 1.54) is 17.0 Å². The molecule has 0 aliphatic carbocycles. The predicted molar refractivity (Wildman–Crippen MR) is 108 cm³/mol. The van der Waals surface area contributed by atoms with Crippen molar-refractivity contribution in [1.29, 1.82) is 0 Å². The molecule has 1 aromatic heterocycles. The van der Waals surface area contributed by atoms with Gasteiger partial charge in [-0.25, -0.2) is 0 Å². The summed E-state index contributed by atoms with van der Waals surface area (Å²) >= 11 is 0. The summed E-state index contributed by atoms with van der Waals surface area (Å²) in [5, 5.41) is 4.15. The van der Waals surface area contributed by atoms with Gasteiger partial charge in [0.25, 0.3) is 0 Å². The van der Waals surface area contributed by atoms with E-state index >= 15 is 0 Å². The summed E-state index contributed by atoms with van der Waals surface area (Å²) in [5.41, 5.74) is 4.39. The van der Waals surface area contributed by atoms with Gasteiger partial charge >= 0.3 is 0 Å². The first-order valence-corrected chi connectivity index (χ1v) is 8.86. The number of methoxy groups -OCH3 is 2. The Kier molecular flexibility index (Phi) is 5.81. The number of hydrogen-bond donors (Lipinski definition) is 2. The highest BCUT2D eigenvalue weighted by Crippen LogP contribution is 2.28. The molecule has 3 rings (SSSR count). The number of benzene rings is 2. The van der Waals surface area contributed by atoms with Crippen molar-refractivity contribution in [1.82, 2.24) is 10.3 Å². The zero-order chi connectivity index (χ0) is 19.2. The van der Waals surface area contributed by atoms with Crippen molar-refractivity contribution in [2.75, 3.05) is 20.8 Å². The van der Waals surface area contributed by atoms with Gasteiger partial charge in [0, 0.05) is 29.2 Å². The maximum atomic E-state index is 12.1. The Balaban J connectivity index is 1.58. The van der Waals surface area contributed by atoms with Crippen LogP contribution in [0.15, 0.2) is 48.5 Å². The van der Waals surface area contributed by atoms with Crippen molar-refractivity contribution in [3.63, 3.8) is 0 Å². The second-order valence-electron chi connectivity index (χ2n) is 6.26. The topological polar surface area (TPSA) is 63.3 Å². The Labute approximate surface area is 159 Å². The van der Waals surface area contributed by atoms with Gasteiger partial charge in [0.1, 0.15) is 0 Å². The van der Waals surface area contributed by atoms with E-state index in [0.29, 0.717) is 18.0 Å². The lowest BCUT2D eigenvalue weighted by molar-refractivity contribution is -0.116. The second-order valence-corrected chi connectivity index (χ2v) is 6.26. The SMILES string of the molecule is COc1ccc(C=CC(=O)NCCc2c(C)[nH]c3ccccc23)cc1OC. The van der Waals surface area contributed by atoms with Crippen molar-refractivity contribution in [2.24, 2.45) is 0 Å². The molecule has 0 saturated heterocycles. The highest BCUT2D eigenvalue weighted by atomic mass is 16.5. The van der Waals surface area contributed by atoms with E-state index in [1.807, 2.05) is 30.3 Å². The standard InChI is InChI=1S/C22H24N2O3/c1-15-17(18-6-4-5-7-19(18)24-15)12-13-23-22(25)11-9-16-8-10-20(26-2)21(14-16)27-3/h4-11,14,24H,12-13H2,1-3H3,(H,23,25). The van der Waals surface area contributed by atoms with E-state index in [-0.39, 0.29) is 5.91 Å². The van der Waals surface area contributed by atoms with Gasteiger partial charge in [-0.05, 0) is 48.7 Å². The lowest BCUT2D eigenvalue weighted by Crippen LogP contribution is -2.23. The van der Waals surface area contributed by atoms with Gasteiger partial charge in [-0.15, -0.1) is 0 Å². The van der Waals surface area contributed by atoms with Crippen LogP contribution in [0, 0.1) is 6.92 Å². The number of aromatic amines is 1. The van der Waals surface area contributed by atoms with Crippen molar-refractivity contribution >= 4 is 22.9 Å². The molecular formula is C22H24N2O3. The lowest BCUT2D eigenvalue weighted by atomic mass is 10.1. The quantitative estimate of drug-likeness (QED) is 0.626. The molecule has 140 valence electrons. The number of fused-ring (bicyclic) bond motifs is 1. The van der Waals surface area contributed by atoms with Crippen LogP contribution in [0.4, 0.5) is 0 Å². The monoisotopic (exact) mass is 364 g/mol. The Morgan fingerprint density at radius 1 is 1.11 bits per heavy atom. The highest BCUT2D eigenvalue weighted by molar-refractivity contribution is 5.92. The van der Waals surface area contributed by atoms with Crippen LogP contribution in [-0.2, 0) is 11.2 Å². The molecule has 0 fully saturated rings. The number of carbonyl (C=O) groups is 1. The first-order chi connectivity index (χ1) is 13.1. The minimum atomic E-state index is -0.123. The summed E-state index contributed by atoms with van der Waals surface area (Å²) in [6, 6.07) is 13.7. The summed E-state index contributed by atoms with van der Waals surface area (Å²) in [6.07, 6.45) is 4.07. The van der Waals surface area contributed by atoms with Crippen LogP contribution in [0.2, 0.25) is 0 Å². The largest absolute Gasteiger partial charge is 0.493 e. The Bertz CT molecular complexity index is 973. The molecule has 0 atom stereocenters. The number of nitrogens with one attached hydrogen (secondary N) is 2. The summed E-state index contributed by atoms with van der Waals surface area (Å²) in [7, 11) is 3.18. The van der Waals surface area contributed by atoms with Gasteiger partial charge in [0.05, 0.1) is 14.2 Å². The first kappa shape index (κ1) is 18.6. The Morgan fingerprint density at radius 2 is 1.89 bits per heavy atom. The molecule has 1 amide bonds. The maximum absolute atomic E-state index is 12.1. The first-order valence-electron chi connectivity index (χ1n) is 8.86. The normalized spacial score (nSPS) is 11.1. The van der Waals surface area contributed by atoms with Crippen molar-refractivity contribution in [2.45, 2.75) is 13.3 Å². The summed E-state index contributed by atoms with van der Waals surface area (Å²) in [6.45, 7) is 2.64. The molecule has 3 aromatic rings. The van der Waals surface area contributed by atoms with E-state index in [1.54, 1.807) is 20.3 Å². The number of hydrogen-bond acceptors (Lipinski definition) is 3. The number of ether oxygens (including phenoxy) is 2. The molecule has 27 heavy (non-hydrogen) atoms. The average molecular weight is 364 g/mol. The van der Waals surface area contributed by atoms with E-state index < -0.39 is 0 Å². The van der Waals surface area contributed by atoms with Gasteiger partial charge in [-0.2, -0.15) is 0 Å². The third kappa shape index (κ3) is 4.31. The van der Waals surface area contributed by atoms with Crippen LogP contribution in [0.5, 0.6) is 11.5 Å².